The van der Waals surface area contributed by atoms with Gasteiger partial charge < -0.3 is 0 Å². The van der Waals surface area contributed by atoms with Gasteiger partial charge in [0.15, 0.2) is 0 Å². The molecule has 0 atom stereocenters. The Bertz CT molecular complexity index is 916. The van der Waals surface area contributed by atoms with Gasteiger partial charge in [0.2, 0.25) is 0 Å². The normalized spacial score (nSPS) is 14.5. The SMILES string of the molecule is Fc1cc(-c2ccc(Cl)cc2)cnc1CCc1ccc(CN2CCCC2)cc1. The third-order valence-electron chi connectivity index (χ3n) is 5.37. The monoisotopic (exact) mass is 394 g/mol. The molecule has 3 aromatic rings. The van der Waals surface area contributed by atoms with Crippen molar-refractivity contribution in [1.82, 2.24) is 9.88 Å². The summed E-state index contributed by atoms with van der Waals surface area (Å²) in [6.45, 7) is 3.44. The Morgan fingerprint density at radius 1 is 0.857 bits per heavy atom. The fourth-order valence-corrected chi connectivity index (χ4v) is 3.85. The van der Waals surface area contributed by atoms with Crippen LogP contribution in [0.25, 0.3) is 11.1 Å². The zero-order valence-corrected chi connectivity index (χ0v) is 16.6. The van der Waals surface area contributed by atoms with Crippen molar-refractivity contribution in [1.29, 1.82) is 0 Å². The number of hydrogen-bond acceptors (Lipinski definition) is 2. The molecule has 0 aliphatic carbocycles. The summed E-state index contributed by atoms with van der Waals surface area (Å²) in [7, 11) is 0. The van der Waals surface area contributed by atoms with Crippen LogP contribution in [0.5, 0.6) is 0 Å². The number of benzene rings is 2. The molecule has 144 valence electrons. The number of likely N-dealkylation sites (tertiary alicyclic amines) is 1. The lowest BCUT2D eigenvalue weighted by atomic mass is 10.0. The lowest BCUT2D eigenvalue weighted by Crippen LogP contribution is -2.18. The Hall–Kier alpha value is -2.23. The summed E-state index contributed by atoms with van der Waals surface area (Å²) >= 11 is 5.91. The second kappa shape index (κ2) is 8.85. The summed E-state index contributed by atoms with van der Waals surface area (Å²) in [5, 5.41) is 0.667. The Morgan fingerprint density at radius 2 is 1.54 bits per heavy atom. The number of halogens is 2. The summed E-state index contributed by atoms with van der Waals surface area (Å²) in [5.74, 6) is -0.252. The first-order chi connectivity index (χ1) is 13.7. The van der Waals surface area contributed by atoms with Crippen LogP contribution in [-0.4, -0.2) is 23.0 Å². The molecule has 4 rings (SSSR count). The maximum absolute atomic E-state index is 14.5. The van der Waals surface area contributed by atoms with Gasteiger partial charge in [0.1, 0.15) is 5.82 Å². The predicted octanol–water partition coefficient (Wildman–Crippen LogP) is 5.92. The number of nitrogens with zero attached hydrogens (tertiary/aromatic N) is 2. The number of rotatable bonds is 6. The van der Waals surface area contributed by atoms with Gasteiger partial charge in [-0.05, 0) is 73.7 Å². The molecule has 0 bridgehead atoms. The van der Waals surface area contributed by atoms with Crippen molar-refractivity contribution >= 4 is 11.6 Å². The van der Waals surface area contributed by atoms with Crippen molar-refractivity contribution in [3.05, 3.63) is 88.5 Å². The van der Waals surface area contributed by atoms with Gasteiger partial charge in [0, 0.05) is 23.3 Å². The highest BCUT2D eigenvalue weighted by atomic mass is 35.5. The molecular formula is C24H24ClFN2. The molecule has 1 fully saturated rings. The van der Waals surface area contributed by atoms with E-state index in [1.54, 1.807) is 24.4 Å². The Morgan fingerprint density at radius 3 is 2.21 bits per heavy atom. The Balaban J connectivity index is 1.37. The van der Waals surface area contributed by atoms with E-state index in [4.69, 9.17) is 11.6 Å². The first kappa shape index (κ1) is 19.1. The summed E-state index contributed by atoms with van der Waals surface area (Å²) in [6, 6.07) is 17.6. The van der Waals surface area contributed by atoms with E-state index < -0.39 is 0 Å². The highest BCUT2D eigenvalue weighted by molar-refractivity contribution is 6.30. The number of pyridine rings is 1. The molecule has 28 heavy (non-hydrogen) atoms. The van der Waals surface area contributed by atoms with Crippen molar-refractivity contribution in [3.8, 4) is 11.1 Å². The van der Waals surface area contributed by atoms with E-state index in [9.17, 15) is 4.39 Å². The van der Waals surface area contributed by atoms with Crippen LogP contribution in [0.1, 0.15) is 29.7 Å². The molecule has 0 spiro atoms. The molecule has 1 aromatic heterocycles. The molecule has 0 radical (unpaired) electrons. The summed E-state index contributed by atoms with van der Waals surface area (Å²) in [5.41, 5.74) is 4.76. The average Bonchev–Trinajstić information content (AvgIpc) is 3.22. The molecule has 2 nitrogen and oxygen atoms in total. The van der Waals surface area contributed by atoms with Crippen LogP contribution in [-0.2, 0) is 19.4 Å². The molecule has 2 heterocycles. The van der Waals surface area contributed by atoms with E-state index >= 15 is 0 Å². The van der Waals surface area contributed by atoms with E-state index in [1.165, 1.54) is 37.1 Å². The fraction of sp³-hybridized carbons (Fsp3) is 0.292. The van der Waals surface area contributed by atoms with Gasteiger partial charge in [0.25, 0.3) is 0 Å². The highest BCUT2D eigenvalue weighted by Crippen LogP contribution is 2.23. The summed E-state index contributed by atoms with van der Waals surface area (Å²) in [6.07, 6.45) is 5.74. The molecule has 1 saturated heterocycles. The highest BCUT2D eigenvalue weighted by Gasteiger charge is 2.12. The number of aromatic nitrogens is 1. The summed E-state index contributed by atoms with van der Waals surface area (Å²) < 4.78 is 14.5. The topological polar surface area (TPSA) is 16.1 Å². The minimum absolute atomic E-state index is 0.252. The Labute approximate surface area is 171 Å². The van der Waals surface area contributed by atoms with Crippen LogP contribution >= 0.6 is 11.6 Å². The molecule has 1 aliphatic heterocycles. The minimum Gasteiger partial charge on any atom is -0.299 e. The molecular weight excluding hydrogens is 371 g/mol. The fourth-order valence-electron chi connectivity index (χ4n) is 3.72. The second-order valence-corrected chi connectivity index (χ2v) is 7.90. The smallest absolute Gasteiger partial charge is 0.145 e. The van der Waals surface area contributed by atoms with Crippen LogP contribution in [0.2, 0.25) is 5.02 Å². The largest absolute Gasteiger partial charge is 0.299 e. The lowest BCUT2D eigenvalue weighted by molar-refractivity contribution is 0.331. The first-order valence-corrected chi connectivity index (χ1v) is 10.3. The van der Waals surface area contributed by atoms with Gasteiger partial charge in [-0.2, -0.15) is 0 Å². The average molecular weight is 395 g/mol. The third kappa shape index (κ3) is 4.78. The third-order valence-corrected chi connectivity index (χ3v) is 5.63. The molecule has 4 heteroatoms. The first-order valence-electron chi connectivity index (χ1n) is 9.88. The van der Waals surface area contributed by atoms with Gasteiger partial charge in [-0.3, -0.25) is 9.88 Å². The van der Waals surface area contributed by atoms with E-state index in [0.717, 1.165) is 24.1 Å². The van der Waals surface area contributed by atoms with Crippen molar-refractivity contribution in [3.63, 3.8) is 0 Å². The van der Waals surface area contributed by atoms with Crippen LogP contribution in [0.15, 0.2) is 60.8 Å². The van der Waals surface area contributed by atoms with E-state index in [-0.39, 0.29) is 5.82 Å². The van der Waals surface area contributed by atoms with Gasteiger partial charge in [-0.25, -0.2) is 4.39 Å². The van der Waals surface area contributed by atoms with E-state index in [2.05, 4.69) is 34.1 Å². The molecule has 0 unspecified atom stereocenters. The van der Waals surface area contributed by atoms with Gasteiger partial charge in [0.05, 0.1) is 5.69 Å². The molecule has 2 aromatic carbocycles. The molecule has 0 saturated carbocycles. The van der Waals surface area contributed by atoms with Gasteiger partial charge >= 0.3 is 0 Å². The molecule has 1 aliphatic rings. The maximum Gasteiger partial charge on any atom is 0.145 e. The number of hydrogen-bond donors (Lipinski definition) is 0. The maximum atomic E-state index is 14.5. The van der Waals surface area contributed by atoms with Crippen molar-refractivity contribution in [2.24, 2.45) is 0 Å². The van der Waals surface area contributed by atoms with Crippen LogP contribution in [0.3, 0.4) is 0 Å². The van der Waals surface area contributed by atoms with E-state index in [0.29, 0.717) is 17.1 Å². The van der Waals surface area contributed by atoms with Crippen molar-refractivity contribution in [2.75, 3.05) is 13.1 Å². The van der Waals surface area contributed by atoms with Gasteiger partial charge in [-0.15, -0.1) is 0 Å². The zero-order chi connectivity index (χ0) is 19.3. The zero-order valence-electron chi connectivity index (χ0n) is 15.9. The quantitative estimate of drug-likeness (QED) is 0.515. The van der Waals surface area contributed by atoms with Crippen LogP contribution in [0, 0.1) is 5.82 Å². The Kier molecular flexibility index (Phi) is 6.04. The van der Waals surface area contributed by atoms with Crippen molar-refractivity contribution < 1.29 is 4.39 Å². The van der Waals surface area contributed by atoms with Crippen molar-refractivity contribution in [2.45, 2.75) is 32.2 Å². The van der Waals surface area contributed by atoms with Crippen LogP contribution in [0.4, 0.5) is 4.39 Å². The van der Waals surface area contributed by atoms with E-state index in [1.807, 2.05) is 12.1 Å². The minimum atomic E-state index is -0.252. The van der Waals surface area contributed by atoms with Gasteiger partial charge in [-0.1, -0.05) is 48.0 Å². The second-order valence-electron chi connectivity index (χ2n) is 7.46. The molecule has 0 N–H and O–H groups in total. The standard InChI is InChI=1S/C24H24ClFN2/c25-22-10-8-20(9-11-22)21-15-23(26)24(27-16-21)12-7-18-3-5-19(6-4-18)17-28-13-1-2-14-28/h3-6,8-11,15-16H,1-2,7,12-14,17H2. The summed E-state index contributed by atoms with van der Waals surface area (Å²) in [4.78, 5) is 6.86. The molecule has 0 amide bonds. The predicted molar refractivity (Wildman–Crippen MR) is 113 cm³/mol. The number of aryl methyl sites for hydroxylation is 2. The lowest BCUT2D eigenvalue weighted by Gasteiger charge is -2.14. The van der Waals surface area contributed by atoms with Crippen LogP contribution < -0.4 is 0 Å².